The van der Waals surface area contributed by atoms with Crippen molar-refractivity contribution in [1.82, 2.24) is 10.2 Å². The number of carbonyl (C=O) groups is 3. The van der Waals surface area contributed by atoms with Crippen LogP contribution in [0.15, 0.2) is 54.6 Å². The second-order valence-corrected chi connectivity index (χ2v) is 9.87. The summed E-state index contributed by atoms with van der Waals surface area (Å²) in [5, 5.41) is 16.4. The first kappa shape index (κ1) is 26.8. The maximum Gasteiger partial charge on any atom is 0.573 e. The first-order chi connectivity index (χ1) is 17.6. The van der Waals surface area contributed by atoms with Gasteiger partial charge in [0.1, 0.15) is 11.3 Å². The fourth-order valence-corrected chi connectivity index (χ4v) is 5.66. The van der Waals surface area contributed by atoms with E-state index in [4.69, 9.17) is 0 Å². The Morgan fingerprint density at radius 1 is 1.16 bits per heavy atom. The molecule has 4 atom stereocenters. The number of benzene rings is 2. The number of carboxylic acids is 1. The van der Waals surface area contributed by atoms with E-state index in [2.05, 4.69) is 15.4 Å². The highest BCUT2D eigenvalue weighted by atomic mass is 32.2. The molecule has 8 nitrogen and oxygen atoms in total. The van der Waals surface area contributed by atoms with Crippen LogP contribution < -0.4 is 15.4 Å². The number of para-hydroxylation sites is 1. The summed E-state index contributed by atoms with van der Waals surface area (Å²) in [6.45, 7) is 0.264. The molecule has 0 bridgehead atoms. The van der Waals surface area contributed by atoms with Gasteiger partial charge in [-0.2, -0.15) is 11.8 Å². The molecule has 0 radical (unpaired) electrons. The molecule has 2 amide bonds. The van der Waals surface area contributed by atoms with Crippen molar-refractivity contribution in [2.75, 3.05) is 30.4 Å². The molecule has 2 saturated heterocycles. The van der Waals surface area contributed by atoms with Crippen molar-refractivity contribution in [3.63, 3.8) is 0 Å². The van der Waals surface area contributed by atoms with Crippen LogP contribution in [0.1, 0.15) is 18.0 Å². The van der Waals surface area contributed by atoms with Gasteiger partial charge in [0.15, 0.2) is 0 Å². The maximum absolute atomic E-state index is 13.5. The molecule has 37 heavy (non-hydrogen) atoms. The minimum Gasteiger partial charge on any atom is -0.480 e. The lowest BCUT2D eigenvalue weighted by Crippen LogP contribution is -2.56. The van der Waals surface area contributed by atoms with E-state index < -0.39 is 53.3 Å². The van der Waals surface area contributed by atoms with Crippen LogP contribution in [-0.2, 0) is 14.4 Å². The molecular weight excluding hydrogens is 511 g/mol. The van der Waals surface area contributed by atoms with Crippen LogP contribution in [0, 0.1) is 11.8 Å². The Balaban J connectivity index is 1.66. The number of hydrogen-bond donors (Lipinski definition) is 3. The van der Waals surface area contributed by atoms with E-state index in [0.29, 0.717) is 5.75 Å². The number of imide groups is 1. The van der Waals surface area contributed by atoms with Crippen LogP contribution in [0.5, 0.6) is 5.75 Å². The number of rotatable bonds is 10. The van der Waals surface area contributed by atoms with Crippen LogP contribution in [0.2, 0.25) is 0 Å². The Hall–Kier alpha value is -3.25. The molecule has 12 heteroatoms. The molecule has 0 aromatic heterocycles. The van der Waals surface area contributed by atoms with Crippen LogP contribution in [-0.4, -0.2) is 64.8 Å². The lowest BCUT2D eigenvalue weighted by molar-refractivity contribution is -0.274. The number of fused-ring (bicyclic) bond motifs is 1. The SMILES string of the molecule is CSCCC1(C(=O)O)NC(c2cccc(OC(F)(F)F)c2)C2C(=O)N(CCNc3ccccc3)C(=O)C21. The summed E-state index contributed by atoms with van der Waals surface area (Å²) in [5.41, 5.74) is -0.731. The molecule has 3 N–H and O–H groups in total. The fraction of sp³-hybridized carbons (Fsp3) is 0.400. The van der Waals surface area contributed by atoms with Gasteiger partial charge < -0.3 is 15.2 Å². The highest BCUT2D eigenvalue weighted by Crippen LogP contribution is 2.50. The van der Waals surface area contributed by atoms with Gasteiger partial charge in [-0.25, -0.2) is 0 Å². The third-order valence-corrected chi connectivity index (χ3v) is 7.33. The topological polar surface area (TPSA) is 108 Å². The van der Waals surface area contributed by atoms with Crippen molar-refractivity contribution < 1.29 is 37.4 Å². The van der Waals surface area contributed by atoms with Gasteiger partial charge in [-0.3, -0.25) is 24.6 Å². The van der Waals surface area contributed by atoms with Crippen LogP contribution in [0.3, 0.4) is 0 Å². The van der Waals surface area contributed by atoms with E-state index in [-0.39, 0.29) is 25.1 Å². The van der Waals surface area contributed by atoms with Crippen molar-refractivity contribution in [1.29, 1.82) is 0 Å². The number of aliphatic carboxylic acids is 1. The largest absolute Gasteiger partial charge is 0.573 e. The number of likely N-dealkylation sites (tertiary alicyclic amines) is 1. The van der Waals surface area contributed by atoms with Gasteiger partial charge >= 0.3 is 12.3 Å². The Morgan fingerprint density at radius 2 is 1.89 bits per heavy atom. The molecule has 2 aromatic carbocycles. The first-order valence-corrected chi connectivity index (χ1v) is 13.0. The number of nitrogens with one attached hydrogen (secondary N) is 2. The predicted octanol–water partition coefficient (Wildman–Crippen LogP) is 3.52. The molecule has 2 aliphatic heterocycles. The highest BCUT2D eigenvalue weighted by Gasteiger charge is 2.68. The Kier molecular flexibility index (Phi) is 7.69. The minimum atomic E-state index is -4.92. The summed E-state index contributed by atoms with van der Waals surface area (Å²) in [5.74, 6) is -4.86. The number of thioether (sulfide) groups is 1. The zero-order valence-electron chi connectivity index (χ0n) is 19.8. The molecule has 0 aliphatic carbocycles. The van der Waals surface area contributed by atoms with E-state index in [1.54, 1.807) is 6.26 Å². The number of amides is 2. The van der Waals surface area contributed by atoms with Crippen LogP contribution >= 0.6 is 11.8 Å². The zero-order chi connectivity index (χ0) is 26.8. The summed E-state index contributed by atoms with van der Waals surface area (Å²) in [7, 11) is 0. The molecule has 2 aromatic rings. The molecular formula is C25H26F3N3O5S. The number of carbonyl (C=O) groups excluding carboxylic acids is 2. The Labute approximate surface area is 215 Å². The van der Waals surface area contributed by atoms with Crippen LogP contribution in [0.4, 0.5) is 18.9 Å². The van der Waals surface area contributed by atoms with E-state index in [9.17, 15) is 32.7 Å². The standard InChI is InChI=1S/C25H26F3N3O5S/c1-37-13-10-24(23(34)35)19-18(20(30-24)15-6-5-9-17(14-15)36-25(26,27)28)21(32)31(22(19)33)12-11-29-16-7-3-2-4-8-16/h2-9,14,18-20,29-30H,10-13H2,1H3,(H,34,35). The van der Waals surface area contributed by atoms with Gasteiger partial charge in [-0.05, 0) is 48.3 Å². The monoisotopic (exact) mass is 537 g/mol. The Bertz CT molecular complexity index is 1170. The highest BCUT2D eigenvalue weighted by molar-refractivity contribution is 7.98. The van der Waals surface area contributed by atoms with Gasteiger partial charge in [-0.1, -0.05) is 30.3 Å². The smallest absolute Gasteiger partial charge is 0.480 e. The van der Waals surface area contributed by atoms with Crippen molar-refractivity contribution in [3.05, 3.63) is 60.2 Å². The summed E-state index contributed by atoms with van der Waals surface area (Å²) >= 11 is 1.39. The summed E-state index contributed by atoms with van der Waals surface area (Å²) in [6.07, 6.45) is -3.08. The van der Waals surface area contributed by atoms with Crippen molar-refractivity contribution in [2.24, 2.45) is 11.8 Å². The molecule has 0 saturated carbocycles. The van der Waals surface area contributed by atoms with Gasteiger partial charge in [0.25, 0.3) is 0 Å². The first-order valence-electron chi connectivity index (χ1n) is 11.6. The van der Waals surface area contributed by atoms with E-state index in [1.165, 1.54) is 23.9 Å². The lowest BCUT2D eigenvalue weighted by atomic mass is 9.78. The van der Waals surface area contributed by atoms with Gasteiger partial charge in [0, 0.05) is 24.8 Å². The molecule has 2 heterocycles. The third kappa shape index (κ3) is 5.40. The average molecular weight is 538 g/mol. The molecule has 198 valence electrons. The van der Waals surface area contributed by atoms with Gasteiger partial charge in [-0.15, -0.1) is 13.2 Å². The second kappa shape index (κ2) is 10.6. The average Bonchev–Trinajstić information content (AvgIpc) is 3.32. The quantitative estimate of drug-likeness (QED) is 0.396. The normalized spacial score (nSPS) is 25.3. The van der Waals surface area contributed by atoms with Crippen molar-refractivity contribution in [3.8, 4) is 5.75 Å². The minimum absolute atomic E-state index is 0.0156. The number of ether oxygens (including phenoxy) is 1. The van der Waals surface area contributed by atoms with Crippen molar-refractivity contribution in [2.45, 2.75) is 24.4 Å². The summed E-state index contributed by atoms with van der Waals surface area (Å²) in [6, 6.07) is 13.2. The second-order valence-electron chi connectivity index (χ2n) is 8.89. The third-order valence-electron chi connectivity index (χ3n) is 6.72. The molecule has 2 fully saturated rings. The number of alkyl halides is 3. The number of carboxylic acid groups (broad SMARTS) is 1. The number of hydrogen-bond acceptors (Lipinski definition) is 7. The van der Waals surface area contributed by atoms with E-state index in [1.807, 2.05) is 30.3 Å². The number of halogens is 3. The molecule has 4 unspecified atom stereocenters. The van der Waals surface area contributed by atoms with Gasteiger partial charge in [0.2, 0.25) is 11.8 Å². The van der Waals surface area contributed by atoms with Crippen molar-refractivity contribution >= 4 is 35.2 Å². The van der Waals surface area contributed by atoms with E-state index >= 15 is 0 Å². The van der Waals surface area contributed by atoms with Crippen LogP contribution in [0.25, 0.3) is 0 Å². The van der Waals surface area contributed by atoms with Gasteiger partial charge in [0.05, 0.1) is 11.8 Å². The number of anilines is 1. The zero-order valence-corrected chi connectivity index (χ0v) is 20.6. The molecule has 0 spiro atoms. The molecule has 4 rings (SSSR count). The predicted molar refractivity (Wildman–Crippen MR) is 131 cm³/mol. The Morgan fingerprint density at radius 3 is 2.54 bits per heavy atom. The summed E-state index contributed by atoms with van der Waals surface area (Å²) < 4.78 is 42.5. The van der Waals surface area contributed by atoms with E-state index in [0.717, 1.165) is 22.7 Å². The fourth-order valence-electron chi connectivity index (χ4n) is 5.14. The molecule has 2 aliphatic rings. The lowest BCUT2D eigenvalue weighted by Gasteiger charge is -2.31. The summed E-state index contributed by atoms with van der Waals surface area (Å²) in [4.78, 5) is 40.8. The number of nitrogens with zero attached hydrogens (tertiary/aromatic N) is 1. The maximum atomic E-state index is 13.5.